The lowest BCUT2D eigenvalue weighted by Gasteiger charge is -2.05. The molecule has 0 saturated heterocycles. The summed E-state index contributed by atoms with van der Waals surface area (Å²) in [5.74, 6) is -1.68. The molecule has 0 bridgehead atoms. The van der Waals surface area contributed by atoms with Crippen molar-refractivity contribution in [2.75, 3.05) is 12.3 Å². The van der Waals surface area contributed by atoms with Gasteiger partial charge in [0, 0.05) is 5.69 Å². The van der Waals surface area contributed by atoms with Gasteiger partial charge in [-0.3, -0.25) is 9.59 Å². The number of nitrogens with one attached hydrogen (secondary N) is 1. The van der Waals surface area contributed by atoms with Crippen LogP contribution in [0.25, 0.3) is 0 Å². The fourth-order valence-corrected chi connectivity index (χ4v) is 1.17. The molecule has 6 heteroatoms. The highest BCUT2D eigenvalue weighted by molar-refractivity contribution is 6.34. The molecule has 1 aromatic rings. The maximum atomic E-state index is 11.4. The van der Waals surface area contributed by atoms with Gasteiger partial charge in [0.25, 0.3) is 5.91 Å². The van der Waals surface area contributed by atoms with E-state index in [2.05, 4.69) is 5.32 Å². The number of nitrogen functional groups attached to an aromatic ring is 1. The lowest BCUT2D eigenvalue weighted by atomic mass is 10.2. The molecule has 5 nitrogen and oxygen atoms in total. The lowest BCUT2D eigenvalue weighted by Crippen LogP contribution is -2.29. The van der Waals surface area contributed by atoms with E-state index in [1.165, 1.54) is 12.1 Å². The Morgan fingerprint density at radius 2 is 2.13 bits per heavy atom. The normalized spacial score (nSPS) is 9.67. The SMILES string of the molecule is Nc1ccc(Cl)c(C(=O)NCC(=O)O)c1. The molecule has 0 heterocycles. The zero-order chi connectivity index (χ0) is 11.4. The van der Waals surface area contributed by atoms with Crippen molar-refractivity contribution in [3.8, 4) is 0 Å². The molecule has 0 aliphatic heterocycles. The van der Waals surface area contributed by atoms with Crippen molar-refractivity contribution in [3.05, 3.63) is 28.8 Å². The predicted octanol–water partition coefficient (Wildman–Crippen LogP) is 0.737. The smallest absolute Gasteiger partial charge is 0.322 e. The van der Waals surface area contributed by atoms with Crippen molar-refractivity contribution >= 4 is 29.2 Å². The summed E-state index contributed by atoms with van der Waals surface area (Å²) in [7, 11) is 0. The Balaban J connectivity index is 2.81. The molecule has 1 amide bonds. The highest BCUT2D eigenvalue weighted by Crippen LogP contribution is 2.18. The average Bonchev–Trinajstić information content (AvgIpc) is 2.18. The summed E-state index contributed by atoms with van der Waals surface area (Å²) in [6.45, 7) is -0.454. The highest BCUT2D eigenvalue weighted by Gasteiger charge is 2.11. The Hall–Kier alpha value is -1.75. The monoisotopic (exact) mass is 228 g/mol. The van der Waals surface area contributed by atoms with Gasteiger partial charge < -0.3 is 16.2 Å². The van der Waals surface area contributed by atoms with E-state index in [1.54, 1.807) is 6.07 Å². The third kappa shape index (κ3) is 3.14. The Bertz CT molecular complexity index is 406. The van der Waals surface area contributed by atoms with Gasteiger partial charge in [-0.25, -0.2) is 0 Å². The number of carboxylic acids is 1. The highest BCUT2D eigenvalue weighted by atomic mass is 35.5. The first-order chi connectivity index (χ1) is 7.00. The van der Waals surface area contributed by atoms with Crippen molar-refractivity contribution < 1.29 is 14.7 Å². The van der Waals surface area contributed by atoms with Crippen LogP contribution >= 0.6 is 11.6 Å². The molecule has 0 aliphatic rings. The number of hydrogen-bond donors (Lipinski definition) is 3. The number of rotatable bonds is 3. The number of carbonyl (C=O) groups excluding carboxylic acids is 1. The second-order valence-corrected chi connectivity index (χ2v) is 3.22. The molecule has 0 unspecified atom stereocenters. The summed E-state index contributed by atoms with van der Waals surface area (Å²) < 4.78 is 0. The van der Waals surface area contributed by atoms with Crippen molar-refractivity contribution in [3.63, 3.8) is 0 Å². The van der Waals surface area contributed by atoms with E-state index >= 15 is 0 Å². The van der Waals surface area contributed by atoms with Crippen LogP contribution in [0.3, 0.4) is 0 Å². The molecule has 0 spiro atoms. The minimum Gasteiger partial charge on any atom is -0.480 e. The summed E-state index contributed by atoms with van der Waals surface area (Å²) in [4.78, 5) is 21.6. The van der Waals surface area contributed by atoms with Crippen LogP contribution in [0.4, 0.5) is 5.69 Å². The van der Waals surface area contributed by atoms with Gasteiger partial charge >= 0.3 is 5.97 Å². The number of nitrogens with two attached hydrogens (primary N) is 1. The molecule has 0 saturated carbocycles. The van der Waals surface area contributed by atoms with Crippen LogP contribution in [-0.2, 0) is 4.79 Å². The fraction of sp³-hybridized carbons (Fsp3) is 0.111. The quantitative estimate of drug-likeness (QED) is 0.665. The number of hydrogen-bond acceptors (Lipinski definition) is 3. The van der Waals surface area contributed by atoms with Crippen LogP contribution in [0.1, 0.15) is 10.4 Å². The van der Waals surface area contributed by atoms with E-state index in [0.29, 0.717) is 5.69 Å². The van der Waals surface area contributed by atoms with Gasteiger partial charge in [-0.05, 0) is 18.2 Å². The van der Waals surface area contributed by atoms with Crippen LogP contribution in [0.2, 0.25) is 5.02 Å². The largest absolute Gasteiger partial charge is 0.480 e. The molecule has 0 fully saturated rings. The second kappa shape index (κ2) is 4.65. The van der Waals surface area contributed by atoms with Crippen molar-refractivity contribution in [2.24, 2.45) is 0 Å². The van der Waals surface area contributed by atoms with E-state index in [0.717, 1.165) is 0 Å². The molecule has 1 rings (SSSR count). The van der Waals surface area contributed by atoms with Crippen molar-refractivity contribution in [1.29, 1.82) is 0 Å². The van der Waals surface area contributed by atoms with Gasteiger partial charge in [0.05, 0.1) is 10.6 Å². The van der Waals surface area contributed by atoms with E-state index < -0.39 is 18.4 Å². The van der Waals surface area contributed by atoms with Gasteiger partial charge in [-0.15, -0.1) is 0 Å². The number of anilines is 1. The minimum absolute atomic E-state index is 0.165. The molecule has 0 aromatic heterocycles. The lowest BCUT2D eigenvalue weighted by molar-refractivity contribution is -0.135. The second-order valence-electron chi connectivity index (χ2n) is 2.82. The first-order valence-electron chi connectivity index (χ1n) is 4.05. The molecule has 0 atom stereocenters. The minimum atomic E-state index is -1.12. The Labute approximate surface area is 90.8 Å². The van der Waals surface area contributed by atoms with Crippen LogP contribution in [0.15, 0.2) is 18.2 Å². The van der Waals surface area contributed by atoms with Crippen LogP contribution in [0, 0.1) is 0 Å². The Kier molecular flexibility index (Phi) is 3.51. The zero-order valence-corrected chi connectivity index (χ0v) is 8.41. The van der Waals surface area contributed by atoms with E-state index in [9.17, 15) is 9.59 Å². The van der Waals surface area contributed by atoms with E-state index in [1.807, 2.05) is 0 Å². The molecule has 1 aromatic carbocycles. The number of aliphatic carboxylic acids is 1. The molecule has 0 aliphatic carbocycles. The summed E-state index contributed by atoms with van der Waals surface area (Å²) in [5.41, 5.74) is 6.02. The van der Waals surface area contributed by atoms with Crippen LogP contribution < -0.4 is 11.1 Å². The number of carbonyl (C=O) groups is 2. The standard InChI is InChI=1S/C9H9ClN2O3/c10-7-2-1-5(11)3-6(7)9(15)12-4-8(13)14/h1-3H,4,11H2,(H,12,15)(H,13,14). The van der Waals surface area contributed by atoms with Crippen molar-refractivity contribution in [1.82, 2.24) is 5.32 Å². The maximum Gasteiger partial charge on any atom is 0.322 e. The number of carboxylic acid groups (broad SMARTS) is 1. The third-order valence-electron chi connectivity index (χ3n) is 1.64. The van der Waals surface area contributed by atoms with Gasteiger partial charge in [-0.1, -0.05) is 11.6 Å². The average molecular weight is 229 g/mol. The Morgan fingerprint density at radius 1 is 1.47 bits per heavy atom. The van der Waals surface area contributed by atoms with Crippen LogP contribution in [0.5, 0.6) is 0 Å². The molecule has 4 N–H and O–H groups in total. The first-order valence-corrected chi connectivity index (χ1v) is 4.43. The first kappa shape index (κ1) is 11.3. The van der Waals surface area contributed by atoms with Crippen molar-refractivity contribution in [2.45, 2.75) is 0 Å². The fourth-order valence-electron chi connectivity index (χ4n) is 0.968. The number of amides is 1. The van der Waals surface area contributed by atoms with Gasteiger partial charge in [-0.2, -0.15) is 0 Å². The number of benzene rings is 1. The summed E-state index contributed by atoms with van der Waals surface area (Å²) in [6, 6.07) is 4.42. The summed E-state index contributed by atoms with van der Waals surface area (Å²) in [6.07, 6.45) is 0. The van der Waals surface area contributed by atoms with Gasteiger partial charge in [0.1, 0.15) is 6.54 Å². The summed E-state index contributed by atoms with van der Waals surface area (Å²) in [5, 5.41) is 10.8. The van der Waals surface area contributed by atoms with Gasteiger partial charge in [0.2, 0.25) is 0 Å². The third-order valence-corrected chi connectivity index (χ3v) is 1.96. The topological polar surface area (TPSA) is 92.4 Å². The van der Waals surface area contributed by atoms with Crippen LogP contribution in [-0.4, -0.2) is 23.5 Å². The predicted molar refractivity (Wildman–Crippen MR) is 55.8 cm³/mol. The molecule has 0 radical (unpaired) electrons. The van der Waals surface area contributed by atoms with E-state index in [-0.39, 0.29) is 10.6 Å². The summed E-state index contributed by atoms with van der Waals surface area (Å²) >= 11 is 5.74. The van der Waals surface area contributed by atoms with Gasteiger partial charge in [0.15, 0.2) is 0 Å². The molecular formula is C9H9ClN2O3. The zero-order valence-electron chi connectivity index (χ0n) is 7.66. The Morgan fingerprint density at radius 3 is 2.73 bits per heavy atom. The van der Waals surface area contributed by atoms with E-state index in [4.69, 9.17) is 22.4 Å². The number of halogens is 1. The maximum absolute atomic E-state index is 11.4. The molecule has 80 valence electrons. The molecular weight excluding hydrogens is 220 g/mol. The molecule has 15 heavy (non-hydrogen) atoms.